The molecule has 0 unspecified atom stereocenters. The first-order valence-electron chi connectivity index (χ1n) is 4.99. The van der Waals surface area contributed by atoms with Gasteiger partial charge in [-0.15, -0.1) is 6.58 Å². The molecule has 15 heavy (non-hydrogen) atoms. The van der Waals surface area contributed by atoms with Crippen molar-refractivity contribution < 1.29 is 14.3 Å². The zero-order chi connectivity index (χ0) is 11.8. The number of ether oxygens (including phenoxy) is 1. The Kier molecular flexibility index (Phi) is 6.42. The van der Waals surface area contributed by atoms with Crippen LogP contribution in [-0.4, -0.2) is 25.0 Å². The summed E-state index contributed by atoms with van der Waals surface area (Å²) < 4.78 is 4.57. The van der Waals surface area contributed by atoms with Crippen LogP contribution < -0.4 is 5.32 Å². The van der Waals surface area contributed by atoms with Crippen LogP contribution in [0, 0.1) is 5.92 Å². The second-order valence-corrected chi connectivity index (χ2v) is 3.77. The zero-order valence-corrected chi connectivity index (χ0v) is 9.58. The molecule has 0 rings (SSSR count). The minimum Gasteiger partial charge on any atom is -0.467 e. The van der Waals surface area contributed by atoms with Gasteiger partial charge in [-0.1, -0.05) is 19.9 Å². The first-order chi connectivity index (χ1) is 7.01. The van der Waals surface area contributed by atoms with E-state index in [9.17, 15) is 9.59 Å². The minimum atomic E-state index is -0.612. The second-order valence-electron chi connectivity index (χ2n) is 3.77. The Hall–Kier alpha value is -1.32. The normalized spacial score (nSPS) is 12.0. The Morgan fingerprint density at radius 2 is 2.07 bits per heavy atom. The minimum absolute atomic E-state index is 0.137. The molecule has 0 aliphatic carbocycles. The van der Waals surface area contributed by atoms with Gasteiger partial charge in [-0.2, -0.15) is 0 Å². The SMILES string of the molecule is C=CC[C@H](NC(=O)CC(C)C)C(=O)OC. The van der Waals surface area contributed by atoms with E-state index in [4.69, 9.17) is 0 Å². The molecule has 1 amide bonds. The van der Waals surface area contributed by atoms with E-state index in [2.05, 4.69) is 16.6 Å². The molecule has 1 N–H and O–H groups in total. The fraction of sp³-hybridized carbons (Fsp3) is 0.636. The van der Waals surface area contributed by atoms with Crippen molar-refractivity contribution in [2.45, 2.75) is 32.7 Å². The van der Waals surface area contributed by atoms with Gasteiger partial charge in [-0.25, -0.2) is 4.79 Å². The molecule has 86 valence electrons. The number of carbonyl (C=O) groups is 2. The molecule has 0 aliphatic rings. The van der Waals surface area contributed by atoms with E-state index < -0.39 is 12.0 Å². The van der Waals surface area contributed by atoms with E-state index in [1.54, 1.807) is 6.08 Å². The Morgan fingerprint density at radius 3 is 2.47 bits per heavy atom. The smallest absolute Gasteiger partial charge is 0.328 e. The lowest BCUT2D eigenvalue weighted by Crippen LogP contribution is -2.41. The van der Waals surface area contributed by atoms with Crippen LogP contribution in [0.1, 0.15) is 26.7 Å². The number of carbonyl (C=O) groups excluding carboxylic acids is 2. The molecule has 4 nitrogen and oxygen atoms in total. The highest BCUT2D eigenvalue weighted by molar-refractivity contribution is 5.84. The monoisotopic (exact) mass is 213 g/mol. The standard InChI is InChI=1S/C11H19NO3/c1-5-6-9(11(14)15-4)12-10(13)7-8(2)3/h5,8-9H,1,6-7H2,2-4H3,(H,12,13)/t9-/m0/s1. The summed E-state index contributed by atoms with van der Waals surface area (Å²) in [6, 6.07) is -0.612. The van der Waals surface area contributed by atoms with Crippen molar-refractivity contribution in [2.24, 2.45) is 5.92 Å². The summed E-state index contributed by atoms with van der Waals surface area (Å²) in [4.78, 5) is 22.6. The summed E-state index contributed by atoms with van der Waals surface area (Å²) in [5.74, 6) is -0.304. The molecule has 0 aliphatic heterocycles. The lowest BCUT2D eigenvalue weighted by Gasteiger charge is -2.15. The van der Waals surface area contributed by atoms with Crippen LogP contribution in [0.25, 0.3) is 0 Å². The number of amides is 1. The molecular weight excluding hydrogens is 194 g/mol. The highest BCUT2D eigenvalue weighted by Gasteiger charge is 2.19. The van der Waals surface area contributed by atoms with Crippen molar-refractivity contribution in [1.82, 2.24) is 5.32 Å². The Bertz CT molecular complexity index is 236. The quantitative estimate of drug-likeness (QED) is 0.534. The molecule has 0 aromatic carbocycles. The van der Waals surface area contributed by atoms with Crippen molar-refractivity contribution >= 4 is 11.9 Å². The third-order valence-electron chi connectivity index (χ3n) is 1.82. The fourth-order valence-electron chi connectivity index (χ4n) is 1.15. The molecule has 0 fully saturated rings. The van der Waals surface area contributed by atoms with Crippen molar-refractivity contribution in [3.8, 4) is 0 Å². The largest absolute Gasteiger partial charge is 0.467 e. The molecule has 0 bridgehead atoms. The van der Waals surface area contributed by atoms with Crippen molar-refractivity contribution in [3.05, 3.63) is 12.7 Å². The molecule has 0 spiro atoms. The van der Waals surface area contributed by atoms with E-state index in [1.165, 1.54) is 7.11 Å². The van der Waals surface area contributed by atoms with E-state index in [-0.39, 0.29) is 11.8 Å². The lowest BCUT2D eigenvalue weighted by molar-refractivity contribution is -0.145. The first-order valence-corrected chi connectivity index (χ1v) is 4.99. The van der Waals surface area contributed by atoms with Gasteiger partial charge in [-0.3, -0.25) is 4.79 Å². The van der Waals surface area contributed by atoms with E-state index in [1.807, 2.05) is 13.8 Å². The maximum Gasteiger partial charge on any atom is 0.328 e. The summed E-state index contributed by atoms with van der Waals surface area (Å²) in [6.45, 7) is 7.42. The number of hydrogen-bond acceptors (Lipinski definition) is 3. The van der Waals surface area contributed by atoms with Gasteiger partial charge < -0.3 is 10.1 Å². The highest BCUT2D eigenvalue weighted by atomic mass is 16.5. The van der Waals surface area contributed by atoms with E-state index >= 15 is 0 Å². The van der Waals surface area contributed by atoms with E-state index in [0.29, 0.717) is 12.8 Å². The van der Waals surface area contributed by atoms with Gasteiger partial charge in [-0.05, 0) is 12.3 Å². The van der Waals surface area contributed by atoms with Crippen molar-refractivity contribution in [3.63, 3.8) is 0 Å². The first kappa shape index (κ1) is 13.7. The summed E-state index contributed by atoms with van der Waals surface area (Å²) >= 11 is 0. The van der Waals surface area contributed by atoms with Gasteiger partial charge in [0.25, 0.3) is 0 Å². The second kappa shape index (κ2) is 7.04. The Balaban J connectivity index is 4.21. The summed E-state index contributed by atoms with van der Waals surface area (Å²) in [7, 11) is 1.30. The predicted molar refractivity (Wildman–Crippen MR) is 58.2 cm³/mol. The predicted octanol–water partition coefficient (Wildman–Crippen LogP) is 1.27. The fourth-order valence-corrected chi connectivity index (χ4v) is 1.15. The molecule has 0 saturated heterocycles. The molecule has 0 aromatic rings. The van der Waals surface area contributed by atoms with Crippen LogP contribution in [0.5, 0.6) is 0 Å². The molecule has 0 heterocycles. The number of esters is 1. The Labute approximate surface area is 90.7 Å². The van der Waals surface area contributed by atoms with Gasteiger partial charge in [0.2, 0.25) is 5.91 Å². The maximum atomic E-state index is 11.4. The molecule has 0 saturated carbocycles. The van der Waals surface area contributed by atoms with Gasteiger partial charge in [0.15, 0.2) is 0 Å². The summed E-state index contributed by atoms with van der Waals surface area (Å²) in [6.07, 6.45) is 2.37. The van der Waals surface area contributed by atoms with Crippen LogP contribution in [0.4, 0.5) is 0 Å². The van der Waals surface area contributed by atoms with Crippen molar-refractivity contribution in [2.75, 3.05) is 7.11 Å². The van der Waals surface area contributed by atoms with Crippen LogP contribution in [0.15, 0.2) is 12.7 Å². The van der Waals surface area contributed by atoms with E-state index in [0.717, 1.165) is 0 Å². The van der Waals surface area contributed by atoms with Crippen LogP contribution in [0.3, 0.4) is 0 Å². The maximum absolute atomic E-state index is 11.4. The molecule has 4 heteroatoms. The molecule has 0 aromatic heterocycles. The number of methoxy groups -OCH3 is 1. The topological polar surface area (TPSA) is 55.4 Å². The third-order valence-corrected chi connectivity index (χ3v) is 1.82. The van der Waals surface area contributed by atoms with Gasteiger partial charge >= 0.3 is 5.97 Å². The summed E-state index contributed by atoms with van der Waals surface area (Å²) in [5.41, 5.74) is 0. The zero-order valence-electron chi connectivity index (χ0n) is 9.58. The summed E-state index contributed by atoms with van der Waals surface area (Å²) in [5, 5.41) is 2.62. The van der Waals surface area contributed by atoms with Gasteiger partial charge in [0, 0.05) is 6.42 Å². The van der Waals surface area contributed by atoms with Crippen LogP contribution in [-0.2, 0) is 14.3 Å². The molecule has 0 radical (unpaired) electrons. The van der Waals surface area contributed by atoms with Gasteiger partial charge in [0.1, 0.15) is 6.04 Å². The number of hydrogen-bond donors (Lipinski definition) is 1. The van der Waals surface area contributed by atoms with Crippen molar-refractivity contribution in [1.29, 1.82) is 0 Å². The van der Waals surface area contributed by atoms with Crippen LogP contribution >= 0.6 is 0 Å². The van der Waals surface area contributed by atoms with Crippen LogP contribution in [0.2, 0.25) is 0 Å². The number of nitrogens with one attached hydrogen (secondary N) is 1. The number of rotatable bonds is 6. The Morgan fingerprint density at radius 1 is 1.47 bits per heavy atom. The highest BCUT2D eigenvalue weighted by Crippen LogP contribution is 2.01. The average Bonchev–Trinajstić information content (AvgIpc) is 2.14. The molecular formula is C11H19NO3. The molecule has 1 atom stereocenters. The average molecular weight is 213 g/mol. The lowest BCUT2D eigenvalue weighted by atomic mass is 10.1. The third kappa shape index (κ3) is 5.88. The van der Waals surface area contributed by atoms with Gasteiger partial charge in [0.05, 0.1) is 7.11 Å².